The Balaban J connectivity index is 2.73. The maximum Gasteiger partial charge on any atom is 0.124 e. The molecule has 0 radical (unpaired) electrons. The van der Waals surface area contributed by atoms with E-state index in [0.29, 0.717) is 12.0 Å². The summed E-state index contributed by atoms with van der Waals surface area (Å²) in [6, 6.07) is 6.56. The molecule has 0 aliphatic heterocycles. The first-order valence-electron chi connectivity index (χ1n) is 7.20. The molecule has 0 aromatic heterocycles. The van der Waals surface area contributed by atoms with Crippen molar-refractivity contribution in [1.29, 1.82) is 0 Å². The van der Waals surface area contributed by atoms with Gasteiger partial charge in [-0.25, -0.2) is 0 Å². The number of hydrogen-bond donors (Lipinski definition) is 1. The van der Waals surface area contributed by atoms with Gasteiger partial charge in [0.1, 0.15) is 5.75 Å². The van der Waals surface area contributed by atoms with Gasteiger partial charge in [-0.1, -0.05) is 36.7 Å². The molecule has 1 aromatic carbocycles. The standard InChI is InChI=1S/C16H26BrNO/c1-5-9-18-13(4)15-11-14(17)6-7-16(15)19-10-8-12(2)3/h6-7,11-13,18H,5,8-10H2,1-4H3. The van der Waals surface area contributed by atoms with E-state index in [2.05, 4.69) is 61.1 Å². The Morgan fingerprint density at radius 2 is 2.00 bits per heavy atom. The number of nitrogens with one attached hydrogen (secondary N) is 1. The summed E-state index contributed by atoms with van der Waals surface area (Å²) in [5.74, 6) is 1.68. The summed E-state index contributed by atoms with van der Waals surface area (Å²) in [6.45, 7) is 10.6. The van der Waals surface area contributed by atoms with Crippen LogP contribution in [-0.4, -0.2) is 13.2 Å². The van der Waals surface area contributed by atoms with Crippen LogP contribution >= 0.6 is 15.9 Å². The van der Waals surface area contributed by atoms with Crippen molar-refractivity contribution in [3.05, 3.63) is 28.2 Å². The Morgan fingerprint density at radius 1 is 1.26 bits per heavy atom. The van der Waals surface area contributed by atoms with E-state index in [1.165, 1.54) is 5.56 Å². The first kappa shape index (κ1) is 16.5. The number of ether oxygens (including phenoxy) is 1. The van der Waals surface area contributed by atoms with E-state index in [1.807, 2.05) is 6.07 Å². The normalized spacial score (nSPS) is 12.7. The average Bonchev–Trinajstić information content (AvgIpc) is 2.37. The lowest BCUT2D eigenvalue weighted by Crippen LogP contribution is -2.20. The second kappa shape index (κ2) is 8.60. The monoisotopic (exact) mass is 327 g/mol. The van der Waals surface area contributed by atoms with Crippen molar-refractivity contribution >= 4 is 15.9 Å². The quantitative estimate of drug-likeness (QED) is 0.730. The lowest BCUT2D eigenvalue weighted by atomic mass is 10.1. The first-order chi connectivity index (χ1) is 9.04. The minimum absolute atomic E-state index is 0.312. The fourth-order valence-corrected chi connectivity index (χ4v) is 2.24. The average molecular weight is 328 g/mol. The highest BCUT2D eigenvalue weighted by Crippen LogP contribution is 2.29. The van der Waals surface area contributed by atoms with Crippen LogP contribution in [0.25, 0.3) is 0 Å². The lowest BCUT2D eigenvalue weighted by molar-refractivity contribution is 0.284. The molecule has 0 aliphatic carbocycles. The molecule has 1 aromatic rings. The van der Waals surface area contributed by atoms with Crippen LogP contribution in [0.1, 0.15) is 52.1 Å². The van der Waals surface area contributed by atoms with Gasteiger partial charge in [0.15, 0.2) is 0 Å². The van der Waals surface area contributed by atoms with Gasteiger partial charge in [-0.05, 0) is 50.4 Å². The predicted octanol–water partition coefficient (Wildman–Crippen LogP) is 4.93. The molecule has 0 aliphatic rings. The zero-order valence-corrected chi connectivity index (χ0v) is 14.1. The molecule has 1 unspecified atom stereocenters. The molecule has 0 saturated carbocycles. The fraction of sp³-hybridized carbons (Fsp3) is 0.625. The molecule has 1 atom stereocenters. The molecule has 19 heavy (non-hydrogen) atoms. The molecular weight excluding hydrogens is 302 g/mol. The van der Waals surface area contributed by atoms with Crippen LogP contribution < -0.4 is 10.1 Å². The van der Waals surface area contributed by atoms with Crippen molar-refractivity contribution in [3.8, 4) is 5.75 Å². The molecule has 1 rings (SSSR count). The summed E-state index contributed by atoms with van der Waals surface area (Å²) in [5, 5.41) is 3.51. The number of rotatable bonds is 8. The largest absolute Gasteiger partial charge is 0.493 e. The van der Waals surface area contributed by atoms with E-state index in [-0.39, 0.29) is 0 Å². The van der Waals surface area contributed by atoms with Gasteiger partial charge < -0.3 is 10.1 Å². The van der Waals surface area contributed by atoms with E-state index in [1.54, 1.807) is 0 Å². The van der Waals surface area contributed by atoms with Gasteiger partial charge in [0.05, 0.1) is 6.61 Å². The van der Waals surface area contributed by atoms with Crippen molar-refractivity contribution in [2.75, 3.05) is 13.2 Å². The van der Waals surface area contributed by atoms with Gasteiger partial charge in [-0.15, -0.1) is 0 Å². The predicted molar refractivity (Wildman–Crippen MR) is 85.8 cm³/mol. The van der Waals surface area contributed by atoms with Gasteiger partial charge in [0.2, 0.25) is 0 Å². The van der Waals surface area contributed by atoms with E-state index < -0.39 is 0 Å². The van der Waals surface area contributed by atoms with Gasteiger partial charge in [0.25, 0.3) is 0 Å². The summed E-state index contributed by atoms with van der Waals surface area (Å²) in [5.41, 5.74) is 1.23. The van der Waals surface area contributed by atoms with Crippen LogP contribution in [0.15, 0.2) is 22.7 Å². The van der Waals surface area contributed by atoms with Gasteiger partial charge >= 0.3 is 0 Å². The van der Waals surface area contributed by atoms with Crippen LogP contribution in [0, 0.1) is 5.92 Å². The lowest BCUT2D eigenvalue weighted by Gasteiger charge is -2.19. The molecule has 108 valence electrons. The highest BCUT2D eigenvalue weighted by atomic mass is 79.9. The molecule has 0 saturated heterocycles. The van der Waals surface area contributed by atoms with Crippen LogP contribution in [0.5, 0.6) is 5.75 Å². The third-order valence-electron chi connectivity index (χ3n) is 3.09. The Bertz CT molecular complexity index is 379. The summed E-state index contributed by atoms with van der Waals surface area (Å²) in [7, 11) is 0. The van der Waals surface area contributed by atoms with E-state index >= 15 is 0 Å². The highest BCUT2D eigenvalue weighted by molar-refractivity contribution is 9.10. The van der Waals surface area contributed by atoms with Crippen LogP contribution in [-0.2, 0) is 0 Å². The molecule has 1 N–H and O–H groups in total. The zero-order chi connectivity index (χ0) is 14.3. The SMILES string of the molecule is CCCNC(C)c1cc(Br)ccc1OCCC(C)C. The third kappa shape index (κ3) is 5.96. The van der Waals surface area contributed by atoms with Crippen LogP contribution in [0.3, 0.4) is 0 Å². The highest BCUT2D eigenvalue weighted by Gasteiger charge is 2.12. The summed E-state index contributed by atoms with van der Waals surface area (Å²) in [6.07, 6.45) is 2.23. The topological polar surface area (TPSA) is 21.3 Å². The molecular formula is C16H26BrNO. The molecule has 0 heterocycles. The molecule has 0 fully saturated rings. The van der Waals surface area contributed by atoms with Crippen molar-refractivity contribution in [1.82, 2.24) is 5.32 Å². The number of hydrogen-bond acceptors (Lipinski definition) is 2. The Kier molecular flexibility index (Phi) is 7.47. The van der Waals surface area contributed by atoms with Crippen molar-refractivity contribution < 1.29 is 4.74 Å². The van der Waals surface area contributed by atoms with E-state index in [4.69, 9.17) is 4.74 Å². The summed E-state index contributed by atoms with van der Waals surface area (Å²) < 4.78 is 7.04. The minimum atomic E-state index is 0.312. The molecule has 0 amide bonds. The van der Waals surface area contributed by atoms with Gasteiger partial charge in [-0.3, -0.25) is 0 Å². The first-order valence-corrected chi connectivity index (χ1v) is 7.99. The summed E-state index contributed by atoms with van der Waals surface area (Å²) >= 11 is 3.54. The maximum atomic E-state index is 5.94. The smallest absolute Gasteiger partial charge is 0.124 e. The maximum absolute atomic E-state index is 5.94. The minimum Gasteiger partial charge on any atom is -0.493 e. The number of benzene rings is 1. The van der Waals surface area contributed by atoms with Crippen LogP contribution in [0.4, 0.5) is 0 Å². The second-order valence-corrected chi connectivity index (χ2v) is 6.30. The van der Waals surface area contributed by atoms with E-state index in [0.717, 1.165) is 36.2 Å². The van der Waals surface area contributed by atoms with Gasteiger partial charge in [0, 0.05) is 16.1 Å². The van der Waals surface area contributed by atoms with Gasteiger partial charge in [-0.2, -0.15) is 0 Å². The molecule has 3 heteroatoms. The van der Waals surface area contributed by atoms with Crippen molar-refractivity contribution in [2.45, 2.75) is 46.6 Å². The Hall–Kier alpha value is -0.540. The zero-order valence-electron chi connectivity index (χ0n) is 12.5. The Morgan fingerprint density at radius 3 is 2.63 bits per heavy atom. The van der Waals surface area contributed by atoms with Crippen LogP contribution in [0.2, 0.25) is 0 Å². The van der Waals surface area contributed by atoms with Crippen molar-refractivity contribution in [3.63, 3.8) is 0 Å². The van der Waals surface area contributed by atoms with E-state index in [9.17, 15) is 0 Å². The third-order valence-corrected chi connectivity index (χ3v) is 3.58. The molecule has 0 spiro atoms. The number of halogens is 1. The Labute approximate surface area is 126 Å². The molecule has 2 nitrogen and oxygen atoms in total. The summed E-state index contributed by atoms with van der Waals surface area (Å²) in [4.78, 5) is 0. The molecule has 0 bridgehead atoms. The second-order valence-electron chi connectivity index (χ2n) is 5.39. The fourth-order valence-electron chi connectivity index (χ4n) is 1.86. The van der Waals surface area contributed by atoms with Crippen molar-refractivity contribution in [2.24, 2.45) is 5.92 Å².